The molecular formula is C11H15BrFNO. The van der Waals surface area contributed by atoms with Crippen molar-refractivity contribution < 1.29 is 9.13 Å². The molecule has 1 aromatic rings. The molecule has 1 unspecified atom stereocenters. The summed E-state index contributed by atoms with van der Waals surface area (Å²) in [5.41, 5.74) is 0.670. The van der Waals surface area contributed by atoms with Gasteiger partial charge in [-0.1, -0.05) is 15.9 Å². The molecule has 4 heteroatoms. The van der Waals surface area contributed by atoms with E-state index >= 15 is 0 Å². The van der Waals surface area contributed by atoms with Gasteiger partial charge in [0.25, 0.3) is 0 Å². The van der Waals surface area contributed by atoms with Crippen molar-refractivity contribution in [3.8, 4) is 0 Å². The molecule has 0 fully saturated rings. The van der Waals surface area contributed by atoms with Crippen molar-refractivity contribution in [1.29, 1.82) is 0 Å². The minimum atomic E-state index is -0.186. The molecule has 0 aromatic heterocycles. The average molecular weight is 276 g/mol. The number of ether oxygens (including phenoxy) is 1. The van der Waals surface area contributed by atoms with Crippen LogP contribution in [0.15, 0.2) is 22.7 Å². The number of hydrogen-bond donors (Lipinski definition) is 1. The summed E-state index contributed by atoms with van der Waals surface area (Å²) in [7, 11) is 3.46. The quantitative estimate of drug-likeness (QED) is 0.892. The Morgan fingerprint density at radius 2 is 2.27 bits per heavy atom. The van der Waals surface area contributed by atoms with E-state index in [1.165, 1.54) is 6.07 Å². The molecule has 84 valence electrons. The first-order chi connectivity index (χ1) is 7.19. The second-order valence-electron chi connectivity index (χ2n) is 3.29. The Morgan fingerprint density at radius 3 is 2.87 bits per heavy atom. The zero-order valence-corrected chi connectivity index (χ0v) is 10.5. The first-order valence-electron chi connectivity index (χ1n) is 4.80. The van der Waals surface area contributed by atoms with Gasteiger partial charge in [0.05, 0.1) is 0 Å². The normalized spacial score (nSPS) is 12.8. The topological polar surface area (TPSA) is 21.3 Å². The Morgan fingerprint density at radius 1 is 1.53 bits per heavy atom. The van der Waals surface area contributed by atoms with Crippen molar-refractivity contribution in [2.45, 2.75) is 12.5 Å². The van der Waals surface area contributed by atoms with Crippen LogP contribution in [-0.2, 0) is 4.74 Å². The van der Waals surface area contributed by atoms with E-state index in [9.17, 15) is 4.39 Å². The van der Waals surface area contributed by atoms with Gasteiger partial charge in [-0.15, -0.1) is 0 Å². The average Bonchev–Trinajstić information content (AvgIpc) is 2.24. The van der Waals surface area contributed by atoms with Crippen LogP contribution in [0.2, 0.25) is 0 Å². The number of nitrogens with one attached hydrogen (secondary N) is 1. The molecule has 15 heavy (non-hydrogen) atoms. The molecule has 1 N–H and O–H groups in total. The Balaban J connectivity index is 2.85. The Bertz CT molecular complexity index is 319. The van der Waals surface area contributed by atoms with E-state index in [2.05, 4.69) is 21.2 Å². The van der Waals surface area contributed by atoms with Gasteiger partial charge in [0.1, 0.15) is 5.82 Å². The molecule has 0 aliphatic heterocycles. The van der Waals surface area contributed by atoms with E-state index in [1.54, 1.807) is 19.2 Å². The fourth-order valence-corrected chi connectivity index (χ4v) is 1.85. The smallest absolute Gasteiger partial charge is 0.128 e. The fourth-order valence-electron chi connectivity index (χ4n) is 1.47. The van der Waals surface area contributed by atoms with Crippen LogP contribution in [0, 0.1) is 5.82 Å². The van der Waals surface area contributed by atoms with Crippen LogP contribution in [0.4, 0.5) is 4.39 Å². The standard InChI is InChI=1S/C11H15BrFNO/c1-14-11(5-6-15-2)9-7-8(12)3-4-10(9)13/h3-4,7,11,14H,5-6H2,1-2H3. The number of benzene rings is 1. The summed E-state index contributed by atoms with van der Waals surface area (Å²) < 4.78 is 19.4. The molecule has 0 radical (unpaired) electrons. The Kier molecular flexibility index (Phi) is 5.22. The second-order valence-corrected chi connectivity index (χ2v) is 4.20. The molecule has 1 atom stereocenters. The van der Waals surface area contributed by atoms with Gasteiger partial charge in [0.15, 0.2) is 0 Å². The van der Waals surface area contributed by atoms with Crippen LogP contribution in [0.5, 0.6) is 0 Å². The van der Waals surface area contributed by atoms with E-state index < -0.39 is 0 Å². The Labute approximate surface area is 98.0 Å². The van der Waals surface area contributed by atoms with Gasteiger partial charge < -0.3 is 10.1 Å². The molecule has 1 aromatic carbocycles. The van der Waals surface area contributed by atoms with E-state index in [1.807, 2.05) is 7.05 Å². The van der Waals surface area contributed by atoms with Crippen molar-refractivity contribution in [2.24, 2.45) is 0 Å². The highest BCUT2D eigenvalue weighted by atomic mass is 79.9. The molecule has 0 bridgehead atoms. The summed E-state index contributed by atoms with van der Waals surface area (Å²) in [6.45, 7) is 0.609. The third-order valence-corrected chi connectivity index (χ3v) is 2.79. The minimum Gasteiger partial charge on any atom is -0.385 e. The van der Waals surface area contributed by atoms with Gasteiger partial charge in [-0.25, -0.2) is 4.39 Å². The zero-order valence-electron chi connectivity index (χ0n) is 8.89. The van der Waals surface area contributed by atoms with Crippen LogP contribution in [-0.4, -0.2) is 20.8 Å². The van der Waals surface area contributed by atoms with E-state index in [0.717, 1.165) is 10.9 Å². The molecular weight excluding hydrogens is 261 g/mol. The first-order valence-corrected chi connectivity index (χ1v) is 5.59. The summed E-state index contributed by atoms with van der Waals surface area (Å²) in [5, 5.41) is 3.08. The molecule has 0 spiro atoms. The SMILES string of the molecule is CNC(CCOC)c1cc(Br)ccc1F. The largest absolute Gasteiger partial charge is 0.385 e. The zero-order chi connectivity index (χ0) is 11.3. The van der Waals surface area contributed by atoms with Crippen LogP contribution in [0.1, 0.15) is 18.0 Å². The molecule has 0 heterocycles. The van der Waals surface area contributed by atoms with Gasteiger partial charge in [0.2, 0.25) is 0 Å². The summed E-state index contributed by atoms with van der Waals surface area (Å²) in [5.74, 6) is -0.186. The monoisotopic (exact) mass is 275 g/mol. The lowest BCUT2D eigenvalue weighted by Crippen LogP contribution is -2.19. The van der Waals surface area contributed by atoms with Gasteiger partial charge in [-0.2, -0.15) is 0 Å². The maximum Gasteiger partial charge on any atom is 0.128 e. The highest BCUT2D eigenvalue weighted by molar-refractivity contribution is 9.10. The molecule has 1 rings (SSSR count). The van der Waals surface area contributed by atoms with Gasteiger partial charge in [-0.05, 0) is 31.7 Å². The number of hydrogen-bond acceptors (Lipinski definition) is 2. The van der Waals surface area contributed by atoms with Crippen molar-refractivity contribution in [1.82, 2.24) is 5.32 Å². The maximum atomic E-state index is 13.5. The van der Waals surface area contributed by atoms with Crippen molar-refractivity contribution in [3.05, 3.63) is 34.1 Å². The van der Waals surface area contributed by atoms with E-state index in [4.69, 9.17) is 4.74 Å². The predicted molar refractivity (Wildman–Crippen MR) is 62.4 cm³/mol. The lowest BCUT2D eigenvalue weighted by molar-refractivity contribution is 0.183. The maximum absolute atomic E-state index is 13.5. The predicted octanol–water partition coefficient (Wildman–Crippen LogP) is 2.89. The fraction of sp³-hybridized carbons (Fsp3) is 0.455. The number of rotatable bonds is 5. The molecule has 0 saturated heterocycles. The summed E-state index contributed by atoms with van der Waals surface area (Å²) in [4.78, 5) is 0. The van der Waals surface area contributed by atoms with E-state index in [-0.39, 0.29) is 11.9 Å². The van der Waals surface area contributed by atoms with Crippen LogP contribution in [0.25, 0.3) is 0 Å². The Hall–Kier alpha value is -0.450. The van der Waals surface area contributed by atoms with Crippen molar-refractivity contribution in [3.63, 3.8) is 0 Å². The first kappa shape index (κ1) is 12.6. The number of halogens is 2. The minimum absolute atomic E-state index is 0.0116. The lowest BCUT2D eigenvalue weighted by atomic mass is 10.0. The highest BCUT2D eigenvalue weighted by Gasteiger charge is 2.13. The van der Waals surface area contributed by atoms with Crippen LogP contribution in [0.3, 0.4) is 0 Å². The third kappa shape index (κ3) is 3.55. The van der Waals surface area contributed by atoms with Gasteiger partial charge in [-0.3, -0.25) is 0 Å². The van der Waals surface area contributed by atoms with Crippen LogP contribution >= 0.6 is 15.9 Å². The second kappa shape index (κ2) is 6.20. The van der Waals surface area contributed by atoms with Crippen LogP contribution < -0.4 is 5.32 Å². The summed E-state index contributed by atoms with van der Waals surface area (Å²) in [6, 6.07) is 4.95. The van der Waals surface area contributed by atoms with Gasteiger partial charge >= 0.3 is 0 Å². The third-order valence-electron chi connectivity index (χ3n) is 2.29. The number of methoxy groups -OCH3 is 1. The molecule has 0 aliphatic carbocycles. The summed E-state index contributed by atoms with van der Waals surface area (Å²) in [6.07, 6.45) is 0.750. The van der Waals surface area contributed by atoms with Gasteiger partial charge in [0, 0.05) is 29.8 Å². The van der Waals surface area contributed by atoms with Crippen molar-refractivity contribution >= 4 is 15.9 Å². The molecule has 0 aliphatic rings. The lowest BCUT2D eigenvalue weighted by Gasteiger charge is -2.17. The van der Waals surface area contributed by atoms with E-state index in [0.29, 0.717) is 12.2 Å². The summed E-state index contributed by atoms with van der Waals surface area (Å²) >= 11 is 3.34. The molecule has 0 amide bonds. The highest BCUT2D eigenvalue weighted by Crippen LogP contribution is 2.23. The van der Waals surface area contributed by atoms with Crippen molar-refractivity contribution in [2.75, 3.05) is 20.8 Å². The molecule has 2 nitrogen and oxygen atoms in total. The molecule has 0 saturated carbocycles.